The van der Waals surface area contributed by atoms with E-state index in [0.717, 1.165) is 0 Å². The van der Waals surface area contributed by atoms with Gasteiger partial charge in [0, 0.05) is 0 Å². The Balaban J connectivity index is 1.60. The van der Waals surface area contributed by atoms with Gasteiger partial charge in [-0.15, -0.1) is 0 Å². The van der Waals surface area contributed by atoms with Crippen molar-refractivity contribution in [3.8, 4) is 22.3 Å². The molecule has 0 nitrogen and oxygen atoms in total. The van der Waals surface area contributed by atoms with Gasteiger partial charge in [0.1, 0.15) is 0 Å². The van der Waals surface area contributed by atoms with Crippen molar-refractivity contribution in [2.75, 3.05) is 0 Å². The topological polar surface area (TPSA) is 0 Å². The van der Waals surface area contributed by atoms with E-state index in [1.165, 1.54) is 81.7 Å². The first-order chi connectivity index (χ1) is 19.3. The van der Waals surface area contributed by atoms with Gasteiger partial charge in [0.15, 0.2) is 0 Å². The lowest BCUT2D eigenvalue weighted by Crippen LogP contribution is -1.93. The molecule has 0 fully saturated rings. The number of fused-ring (bicyclic) bond motifs is 6. The summed E-state index contributed by atoms with van der Waals surface area (Å²) in [7, 11) is 0. The van der Waals surface area contributed by atoms with E-state index < -0.39 is 0 Å². The van der Waals surface area contributed by atoms with Crippen LogP contribution in [0.15, 0.2) is 140 Å². The van der Waals surface area contributed by atoms with Gasteiger partial charge in [-0.25, -0.2) is 0 Å². The van der Waals surface area contributed by atoms with Gasteiger partial charge in [0.2, 0.25) is 0 Å². The molecule has 182 valence electrons. The molecule has 0 aliphatic carbocycles. The Bertz CT molecular complexity index is 2160. The predicted octanol–water partition coefficient (Wildman–Crippen LogP) is 11.1. The zero-order valence-corrected chi connectivity index (χ0v) is 21.8. The molecule has 0 N–H and O–H groups in total. The van der Waals surface area contributed by atoms with Crippen molar-refractivity contribution < 1.29 is 0 Å². The second-order valence-corrected chi connectivity index (χ2v) is 10.5. The van der Waals surface area contributed by atoms with Crippen LogP contribution in [0.2, 0.25) is 0 Å². The molecule has 0 aromatic heterocycles. The van der Waals surface area contributed by atoms with E-state index in [4.69, 9.17) is 0 Å². The smallest absolute Gasteiger partial charge is 0.00199 e. The third-order valence-electron chi connectivity index (χ3n) is 8.42. The van der Waals surface area contributed by atoms with Crippen molar-refractivity contribution >= 4 is 53.9 Å². The molecule has 0 saturated heterocycles. The van der Waals surface area contributed by atoms with E-state index in [1.807, 2.05) is 0 Å². The third kappa shape index (κ3) is 3.25. The Kier molecular flexibility index (Phi) is 4.84. The predicted molar refractivity (Wildman–Crippen MR) is 170 cm³/mol. The molecule has 8 aromatic rings. The average molecular weight is 495 g/mol. The minimum atomic E-state index is 1.25. The van der Waals surface area contributed by atoms with Crippen LogP contribution in [0.4, 0.5) is 0 Å². The van der Waals surface area contributed by atoms with Gasteiger partial charge in [-0.2, -0.15) is 0 Å². The molecule has 0 saturated carbocycles. The largest absolute Gasteiger partial charge is 0.0622 e. The second-order valence-electron chi connectivity index (χ2n) is 10.5. The summed E-state index contributed by atoms with van der Waals surface area (Å²) in [4.78, 5) is 0. The second kappa shape index (κ2) is 8.55. The van der Waals surface area contributed by atoms with Gasteiger partial charge < -0.3 is 0 Å². The van der Waals surface area contributed by atoms with Crippen molar-refractivity contribution in [2.24, 2.45) is 0 Å². The fourth-order valence-corrected chi connectivity index (χ4v) is 6.67. The van der Waals surface area contributed by atoms with Crippen molar-refractivity contribution in [3.05, 3.63) is 145 Å². The number of rotatable bonds is 2. The number of hydrogen-bond acceptors (Lipinski definition) is 0. The molecule has 0 atom stereocenters. The first kappa shape index (κ1) is 22.1. The monoisotopic (exact) mass is 494 g/mol. The highest BCUT2D eigenvalue weighted by Gasteiger charge is 2.19. The Morgan fingerprint density at radius 1 is 0.333 bits per heavy atom. The zero-order chi connectivity index (χ0) is 25.9. The summed E-state index contributed by atoms with van der Waals surface area (Å²) in [5, 5.41) is 13.0. The van der Waals surface area contributed by atoms with Crippen molar-refractivity contribution in [1.82, 2.24) is 0 Å². The summed E-state index contributed by atoms with van der Waals surface area (Å²) >= 11 is 0. The maximum atomic E-state index is 2.45. The van der Waals surface area contributed by atoms with Crippen LogP contribution in [0.3, 0.4) is 0 Å². The molecule has 8 rings (SSSR count). The highest BCUT2D eigenvalue weighted by atomic mass is 14.2. The van der Waals surface area contributed by atoms with Crippen molar-refractivity contribution in [3.63, 3.8) is 0 Å². The molecule has 0 heterocycles. The Morgan fingerprint density at radius 2 is 0.821 bits per heavy atom. The van der Waals surface area contributed by atoms with Crippen LogP contribution in [-0.2, 0) is 0 Å². The van der Waals surface area contributed by atoms with E-state index in [-0.39, 0.29) is 0 Å². The van der Waals surface area contributed by atoms with Gasteiger partial charge in [-0.3, -0.25) is 0 Å². The first-order valence-corrected chi connectivity index (χ1v) is 13.6. The minimum absolute atomic E-state index is 1.25. The molecule has 0 spiro atoms. The van der Waals surface area contributed by atoms with Crippen LogP contribution < -0.4 is 0 Å². The normalized spacial score (nSPS) is 11.7. The lowest BCUT2D eigenvalue weighted by atomic mass is 9.83. The number of aryl methyl sites for hydroxylation is 1. The van der Waals surface area contributed by atoms with E-state index >= 15 is 0 Å². The standard InChI is InChI=1S/C39H26/c1-25-28-16-6-5-15-27(28)23-36-29-17-7-8-18-30(29)37(24-35(25)36)39-33-21-11-9-19-31(33)38(26-13-3-2-4-14-26)32-20-10-12-22-34(32)39/h2-24H,1H3. The van der Waals surface area contributed by atoms with Crippen LogP contribution >= 0.6 is 0 Å². The highest BCUT2D eigenvalue weighted by molar-refractivity contribution is 6.26. The maximum Gasteiger partial charge on any atom is -0.00199 e. The van der Waals surface area contributed by atoms with Crippen molar-refractivity contribution in [2.45, 2.75) is 6.92 Å². The Morgan fingerprint density at radius 3 is 1.46 bits per heavy atom. The molecule has 0 unspecified atom stereocenters. The summed E-state index contributed by atoms with van der Waals surface area (Å²) in [6.45, 7) is 2.28. The summed E-state index contributed by atoms with van der Waals surface area (Å²) in [5.41, 5.74) is 6.50. The molecule has 8 aromatic carbocycles. The van der Waals surface area contributed by atoms with E-state index in [2.05, 4.69) is 146 Å². The van der Waals surface area contributed by atoms with E-state index in [1.54, 1.807) is 0 Å². The lowest BCUT2D eigenvalue weighted by molar-refractivity contribution is 1.59. The van der Waals surface area contributed by atoms with Crippen LogP contribution in [-0.4, -0.2) is 0 Å². The van der Waals surface area contributed by atoms with Crippen LogP contribution in [0, 0.1) is 6.92 Å². The van der Waals surface area contributed by atoms with Crippen LogP contribution in [0.5, 0.6) is 0 Å². The average Bonchev–Trinajstić information content (AvgIpc) is 3.00. The maximum absolute atomic E-state index is 2.45. The zero-order valence-electron chi connectivity index (χ0n) is 21.8. The SMILES string of the molecule is Cc1c2ccccc2cc2c1cc(-c1c3ccccc3c(-c3ccccc3)c3ccccc13)c1ccccc12. The van der Waals surface area contributed by atoms with Gasteiger partial charge in [-0.05, 0) is 101 Å². The highest BCUT2D eigenvalue weighted by Crippen LogP contribution is 2.47. The molecule has 0 radical (unpaired) electrons. The van der Waals surface area contributed by atoms with Gasteiger partial charge >= 0.3 is 0 Å². The molecular weight excluding hydrogens is 468 g/mol. The number of benzene rings is 8. The van der Waals surface area contributed by atoms with E-state index in [0.29, 0.717) is 0 Å². The fourth-order valence-electron chi connectivity index (χ4n) is 6.67. The molecule has 0 heteroatoms. The molecule has 0 bridgehead atoms. The van der Waals surface area contributed by atoms with Crippen LogP contribution in [0.25, 0.3) is 76.1 Å². The molecule has 0 aliphatic heterocycles. The Labute approximate surface area is 227 Å². The summed E-state index contributed by atoms with van der Waals surface area (Å²) < 4.78 is 0. The first-order valence-electron chi connectivity index (χ1n) is 13.6. The van der Waals surface area contributed by atoms with Gasteiger partial charge in [0.05, 0.1) is 0 Å². The van der Waals surface area contributed by atoms with Crippen molar-refractivity contribution in [1.29, 1.82) is 0 Å². The molecule has 39 heavy (non-hydrogen) atoms. The molecule has 0 amide bonds. The minimum Gasteiger partial charge on any atom is -0.0622 e. The van der Waals surface area contributed by atoms with Crippen LogP contribution in [0.1, 0.15) is 5.56 Å². The number of hydrogen-bond donors (Lipinski definition) is 0. The van der Waals surface area contributed by atoms with E-state index in [9.17, 15) is 0 Å². The Hall–Kier alpha value is -4.94. The third-order valence-corrected chi connectivity index (χ3v) is 8.42. The lowest BCUT2D eigenvalue weighted by Gasteiger charge is -2.20. The fraction of sp³-hybridized carbons (Fsp3) is 0.0256. The van der Waals surface area contributed by atoms with Gasteiger partial charge in [-0.1, -0.05) is 127 Å². The molecule has 0 aliphatic rings. The summed E-state index contributed by atoms with van der Waals surface area (Å²) in [6, 6.07) is 51.2. The quantitative estimate of drug-likeness (QED) is 0.166. The summed E-state index contributed by atoms with van der Waals surface area (Å²) in [5.74, 6) is 0. The molecular formula is C39H26. The van der Waals surface area contributed by atoms with Gasteiger partial charge in [0.25, 0.3) is 0 Å². The summed E-state index contributed by atoms with van der Waals surface area (Å²) in [6.07, 6.45) is 0.